The van der Waals surface area contributed by atoms with Crippen LogP contribution in [0.5, 0.6) is 5.75 Å². The van der Waals surface area contributed by atoms with Crippen molar-refractivity contribution in [2.24, 2.45) is 0 Å². The Morgan fingerprint density at radius 1 is 1.21 bits per heavy atom. The van der Waals surface area contributed by atoms with Crippen LogP contribution in [0.4, 0.5) is 4.79 Å². The number of benzene rings is 1. The summed E-state index contributed by atoms with van der Waals surface area (Å²) in [5, 5.41) is 3.39. The van der Waals surface area contributed by atoms with Crippen molar-refractivity contribution in [2.45, 2.75) is 19.1 Å². The van der Waals surface area contributed by atoms with E-state index in [4.69, 9.17) is 9.47 Å². The summed E-state index contributed by atoms with van der Waals surface area (Å²) in [5.41, 5.74) is 1.20. The molecule has 1 aromatic carbocycles. The largest absolute Gasteiger partial charge is 0.492 e. The molecule has 2 aromatic rings. The average molecular weight is 399 g/mol. The van der Waals surface area contributed by atoms with Crippen LogP contribution < -0.4 is 10.1 Å². The minimum Gasteiger partial charge on any atom is -0.492 e. The summed E-state index contributed by atoms with van der Waals surface area (Å²) in [6.07, 6.45) is 1.92. The van der Waals surface area contributed by atoms with Crippen LogP contribution in [0.25, 0.3) is 0 Å². The predicted molar refractivity (Wildman–Crippen MR) is 106 cm³/mol. The van der Waals surface area contributed by atoms with Gasteiger partial charge < -0.3 is 24.4 Å². The minimum absolute atomic E-state index is 0.121. The number of esters is 1. The van der Waals surface area contributed by atoms with Crippen LogP contribution in [0.1, 0.15) is 22.5 Å². The zero-order valence-electron chi connectivity index (χ0n) is 16.4. The highest BCUT2D eigenvalue weighted by molar-refractivity contribution is 5.87. The second-order valence-corrected chi connectivity index (χ2v) is 6.65. The third-order valence-electron chi connectivity index (χ3n) is 4.58. The highest BCUT2D eigenvalue weighted by Gasteiger charge is 2.24. The van der Waals surface area contributed by atoms with Gasteiger partial charge in [0.25, 0.3) is 0 Å². The molecule has 3 rings (SSSR count). The second-order valence-electron chi connectivity index (χ2n) is 6.65. The molecule has 154 valence electrons. The van der Waals surface area contributed by atoms with Crippen LogP contribution in [0, 0.1) is 0 Å². The zero-order chi connectivity index (χ0) is 20.5. The van der Waals surface area contributed by atoms with E-state index in [9.17, 15) is 9.59 Å². The molecule has 0 spiro atoms. The number of ether oxygens (including phenoxy) is 3. The average Bonchev–Trinajstić information content (AvgIpc) is 2.78. The summed E-state index contributed by atoms with van der Waals surface area (Å²) >= 11 is 0. The molecule has 1 N–H and O–H groups in total. The fraction of sp³-hybridized carbons (Fsp3) is 0.381. The van der Waals surface area contributed by atoms with Crippen LogP contribution >= 0.6 is 0 Å². The van der Waals surface area contributed by atoms with Crippen molar-refractivity contribution in [1.29, 1.82) is 0 Å². The van der Waals surface area contributed by atoms with Crippen LogP contribution in [0.2, 0.25) is 0 Å². The Hall–Kier alpha value is -3.13. The lowest BCUT2D eigenvalue weighted by Gasteiger charge is -2.33. The molecule has 1 aromatic heterocycles. The normalized spacial score (nSPS) is 16.2. The Kier molecular flexibility index (Phi) is 7.40. The molecule has 8 nitrogen and oxygen atoms in total. The number of carbonyl (C=O) groups excluding carboxylic acids is 2. The minimum atomic E-state index is -0.484. The van der Waals surface area contributed by atoms with Gasteiger partial charge in [-0.2, -0.15) is 0 Å². The van der Waals surface area contributed by atoms with Crippen LogP contribution in [-0.4, -0.2) is 61.3 Å². The molecule has 1 fully saturated rings. The Morgan fingerprint density at radius 2 is 2.03 bits per heavy atom. The fourth-order valence-electron chi connectivity index (χ4n) is 3.01. The molecule has 1 atom stereocenters. The van der Waals surface area contributed by atoms with Gasteiger partial charge in [-0.1, -0.05) is 30.3 Å². The van der Waals surface area contributed by atoms with Crippen LogP contribution in [-0.2, 0) is 16.1 Å². The molecule has 29 heavy (non-hydrogen) atoms. The number of piperazine rings is 1. The van der Waals surface area contributed by atoms with Crippen molar-refractivity contribution in [3.8, 4) is 5.75 Å². The Labute approximate surface area is 169 Å². The number of nitrogens with one attached hydrogen (secondary N) is 1. The van der Waals surface area contributed by atoms with Crippen molar-refractivity contribution in [1.82, 2.24) is 15.2 Å². The number of hydrogen-bond donors (Lipinski definition) is 1. The summed E-state index contributed by atoms with van der Waals surface area (Å²) in [7, 11) is 1.31. The van der Waals surface area contributed by atoms with E-state index in [1.807, 2.05) is 30.3 Å². The van der Waals surface area contributed by atoms with E-state index in [2.05, 4.69) is 15.0 Å². The van der Waals surface area contributed by atoms with E-state index in [-0.39, 0.29) is 24.4 Å². The van der Waals surface area contributed by atoms with Crippen molar-refractivity contribution < 1.29 is 23.8 Å². The molecular weight excluding hydrogens is 374 g/mol. The Bertz CT molecular complexity index is 798. The summed E-state index contributed by atoms with van der Waals surface area (Å²) in [6.45, 7) is 2.62. The zero-order valence-corrected chi connectivity index (χ0v) is 16.4. The molecule has 8 heteroatoms. The van der Waals surface area contributed by atoms with Gasteiger partial charge in [-0.05, 0) is 24.1 Å². The molecular formula is C21H25N3O5. The summed E-state index contributed by atoms with van der Waals surface area (Å²) < 4.78 is 15.7. The van der Waals surface area contributed by atoms with Crippen molar-refractivity contribution in [2.75, 3.05) is 33.4 Å². The number of pyridine rings is 1. The second kappa shape index (κ2) is 10.4. The number of methoxy groups -OCH3 is 1. The molecule has 2 heterocycles. The van der Waals surface area contributed by atoms with E-state index in [1.165, 1.54) is 13.3 Å². The van der Waals surface area contributed by atoms with Crippen molar-refractivity contribution in [3.63, 3.8) is 0 Å². The van der Waals surface area contributed by atoms with Gasteiger partial charge in [-0.3, -0.25) is 0 Å². The monoisotopic (exact) mass is 399 g/mol. The van der Waals surface area contributed by atoms with Crippen molar-refractivity contribution >= 4 is 12.1 Å². The maximum absolute atomic E-state index is 12.3. The SMILES string of the molecule is COC(=O)c1ccc(OCC[C@@H]2CN(C(=O)OCc3ccccc3)CCN2)cn1. The highest BCUT2D eigenvalue weighted by atomic mass is 16.6. The van der Waals surface area contributed by atoms with Gasteiger partial charge in [0.2, 0.25) is 0 Å². The number of rotatable bonds is 7. The molecule has 1 aliphatic rings. The molecule has 0 bridgehead atoms. The standard InChI is InChI=1S/C21H25N3O5/c1-27-20(25)19-8-7-18(13-23-19)28-12-9-17-14-24(11-10-22-17)21(26)29-15-16-5-3-2-4-6-16/h2-8,13,17,22H,9-12,14-15H2,1H3/t17-/m1/s1. The fourth-order valence-corrected chi connectivity index (χ4v) is 3.01. The number of aromatic nitrogens is 1. The smallest absolute Gasteiger partial charge is 0.410 e. The van der Waals surface area contributed by atoms with Gasteiger partial charge >= 0.3 is 12.1 Å². The number of carbonyl (C=O) groups is 2. The maximum atomic E-state index is 12.3. The first-order chi connectivity index (χ1) is 14.2. The summed E-state index contributed by atoms with van der Waals surface area (Å²) in [6, 6.07) is 13.0. The molecule has 1 aliphatic heterocycles. The predicted octanol–water partition coefficient (Wildman–Crippen LogP) is 2.25. The van der Waals surface area contributed by atoms with E-state index < -0.39 is 5.97 Å². The topological polar surface area (TPSA) is 90.0 Å². The Morgan fingerprint density at radius 3 is 2.76 bits per heavy atom. The van der Waals surface area contributed by atoms with Crippen LogP contribution in [0.3, 0.4) is 0 Å². The third-order valence-corrected chi connectivity index (χ3v) is 4.58. The molecule has 0 aliphatic carbocycles. The van der Waals surface area contributed by atoms with E-state index in [0.717, 1.165) is 12.0 Å². The van der Waals surface area contributed by atoms with Crippen molar-refractivity contribution in [3.05, 3.63) is 59.9 Å². The van der Waals surface area contributed by atoms with E-state index in [0.29, 0.717) is 32.0 Å². The third kappa shape index (κ3) is 6.18. The lowest BCUT2D eigenvalue weighted by Crippen LogP contribution is -2.53. The molecule has 0 saturated carbocycles. The number of hydrogen-bond acceptors (Lipinski definition) is 7. The molecule has 0 radical (unpaired) electrons. The number of nitrogens with zero attached hydrogens (tertiary/aromatic N) is 2. The summed E-state index contributed by atoms with van der Waals surface area (Å²) in [4.78, 5) is 29.4. The first-order valence-electron chi connectivity index (χ1n) is 9.52. The van der Waals surface area contributed by atoms with E-state index >= 15 is 0 Å². The van der Waals surface area contributed by atoms with Gasteiger partial charge in [0.1, 0.15) is 18.1 Å². The number of amides is 1. The van der Waals surface area contributed by atoms with E-state index in [1.54, 1.807) is 17.0 Å². The first-order valence-corrected chi connectivity index (χ1v) is 9.52. The molecule has 1 amide bonds. The Balaban J connectivity index is 1.40. The molecule has 1 saturated heterocycles. The molecule has 0 unspecified atom stereocenters. The quantitative estimate of drug-likeness (QED) is 0.714. The lowest BCUT2D eigenvalue weighted by molar-refractivity contribution is 0.0593. The van der Waals surface area contributed by atoms with Gasteiger partial charge in [-0.25, -0.2) is 14.6 Å². The maximum Gasteiger partial charge on any atom is 0.410 e. The van der Waals surface area contributed by atoms with Crippen LogP contribution in [0.15, 0.2) is 48.7 Å². The summed E-state index contributed by atoms with van der Waals surface area (Å²) in [5.74, 6) is 0.0924. The lowest BCUT2D eigenvalue weighted by atomic mass is 10.1. The van der Waals surface area contributed by atoms with Gasteiger partial charge in [0, 0.05) is 25.7 Å². The first kappa shape index (κ1) is 20.6. The van der Waals surface area contributed by atoms with Gasteiger partial charge in [0.05, 0.1) is 19.9 Å². The highest BCUT2D eigenvalue weighted by Crippen LogP contribution is 2.12. The van der Waals surface area contributed by atoms with Gasteiger partial charge in [-0.15, -0.1) is 0 Å². The van der Waals surface area contributed by atoms with Gasteiger partial charge in [0.15, 0.2) is 0 Å².